The van der Waals surface area contributed by atoms with Gasteiger partial charge < -0.3 is 15.6 Å². The van der Waals surface area contributed by atoms with Crippen LogP contribution in [0.3, 0.4) is 0 Å². The van der Waals surface area contributed by atoms with Gasteiger partial charge in [-0.1, -0.05) is 0 Å². The Balaban J connectivity index is 2.23. The summed E-state index contributed by atoms with van der Waals surface area (Å²) in [5, 5.41) is 9.87. The van der Waals surface area contributed by atoms with Crippen molar-refractivity contribution in [3.05, 3.63) is 29.6 Å². The predicted molar refractivity (Wildman–Crippen MR) is 58.6 cm³/mol. The molecule has 0 aromatic heterocycles. The molecule has 1 aliphatic rings. The van der Waals surface area contributed by atoms with Crippen molar-refractivity contribution in [2.45, 2.75) is 25.0 Å². The highest BCUT2D eigenvalue weighted by molar-refractivity contribution is 5.32. The fraction of sp³-hybridized carbons (Fsp3) is 0.500. The van der Waals surface area contributed by atoms with Crippen molar-refractivity contribution in [2.75, 3.05) is 7.11 Å². The average molecular weight is 225 g/mol. The summed E-state index contributed by atoms with van der Waals surface area (Å²) < 4.78 is 18.6. The first-order valence-electron chi connectivity index (χ1n) is 5.40. The Morgan fingerprint density at radius 1 is 1.50 bits per heavy atom. The van der Waals surface area contributed by atoms with Gasteiger partial charge in [0.05, 0.1) is 19.3 Å². The molecule has 3 N–H and O–H groups in total. The summed E-state index contributed by atoms with van der Waals surface area (Å²) in [6.45, 7) is 0. The predicted octanol–water partition coefficient (Wildman–Crippen LogP) is 1.60. The molecule has 1 fully saturated rings. The van der Waals surface area contributed by atoms with Crippen LogP contribution in [0.1, 0.15) is 24.4 Å². The molecule has 2 rings (SSSR count). The van der Waals surface area contributed by atoms with E-state index in [1.807, 2.05) is 0 Å². The third kappa shape index (κ3) is 2.18. The fourth-order valence-corrected chi connectivity index (χ4v) is 1.82. The first-order valence-corrected chi connectivity index (χ1v) is 5.40. The minimum atomic E-state index is -0.678. The summed E-state index contributed by atoms with van der Waals surface area (Å²) in [7, 11) is 1.51. The van der Waals surface area contributed by atoms with Crippen molar-refractivity contribution in [2.24, 2.45) is 11.7 Å². The minimum absolute atomic E-state index is 0.223. The third-order valence-corrected chi connectivity index (χ3v) is 3.04. The van der Waals surface area contributed by atoms with Crippen LogP contribution >= 0.6 is 0 Å². The molecule has 0 unspecified atom stereocenters. The maximum absolute atomic E-state index is 13.6. The number of hydrogen-bond donors (Lipinski definition) is 2. The van der Waals surface area contributed by atoms with Crippen molar-refractivity contribution in [3.8, 4) is 5.75 Å². The lowest BCUT2D eigenvalue weighted by Gasteiger charge is -2.19. The van der Waals surface area contributed by atoms with Gasteiger partial charge in [0.2, 0.25) is 0 Å². The van der Waals surface area contributed by atoms with Crippen molar-refractivity contribution >= 4 is 0 Å². The lowest BCUT2D eigenvalue weighted by Crippen LogP contribution is -2.28. The maximum Gasteiger partial charge on any atom is 0.128 e. The van der Waals surface area contributed by atoms with Gasteiger partial charge in [-0.2, -0.15) is 0 Å². The smallest absolute Gasteiger partial charge is 0.128 e. The highest BCUT2D eigenvalue weighted by atomic mass is 19.1. The molecule has 0 heterocycles. The monoisotopic (exact) mass is 225 g/mol. The van der Waals surface area contributed by atoms with E-state index in [2.05, 4.69) is 0 Å². The van der Waals surface area contributed by atoms with Gasteiger partial charge in [-0.3, -0.25) is 0 Å². The van der Waals surface area contributed by atoms with E-state index in [1.54, 1.807) is 6.07 Å². The molecule has 88 valence electrons. The molecule has 2 atom stereocenters. The molecule has 0 saturated heterocycles. The molecule has 0 amide bonds. The number of aliphatic hydroxyl groups is 1. The second-order valence-corrected chi connectivity index (χ2v) is 4.24. The number of methoxy groups -OCH3 is 1. The normalized spacial score (nSPS) is 19.2. The van der Waals surface area contributed by atoms with Gasteiger partial charge in [-0.15, -0.1) is 0 Å². The summed E-state index contributed by atoms with van der Waals surface area (Å²) in [6.07, 6.45) is 1.28. The Hall–Kier alpha value is -1.13. The van der Waals surface area contributed by atoms with E-state index < -0.39 is 18.0 Å². The van der Waals surface area contributed by atoms with E-state index in [9.17, 15) is 9.50 Å². The molecule has 0 bridgehead atoms. The lowest BCUT2D eigenvalue weighted by molar-refractivity contribution is 0.121. The summed E-state index contributed by atoms with van der Waals surface area (Å²) in [5.74, 6) is 0.378. The lowest BCUT2D eigenvalue weighted by atomic mass is 9.98. The summed E-state index contributed by atoms with van der Waals surface area (Å²) in [5.41, 5.74) is 6.18. The van der Waals surface area contributed by atoms with Crippen LogP contribution in [0.25, 0.3) is 0 Å². The Kier molecular flexibility index (Phi) is 3.12. The first-order chi connectivity index (χ1) is 7.63. The van der Waals surface area contributed by atoms with E-state index in [0.717, 1.165) is 12.8 Å². The molecule has 3 nitrogen and oxygen atoms in total. The standard InChI is InChI=1S/C12H16FNO2/c1-16-8-4-5-10(13)9(6-8)11(14)12(15)7-2-3-7/h4-7,11-12,15H,2-3,14H2,1H3/t11-,12+/m1/s1. The number of ether oxygens (including phenoxy) is 1. The molecule has 0 aliphatic heterocycles. The fourth-order valence-electron chi connectivity index (χ4n) is 1.82. The van der Waals surface area contributed by atoms with Gasteiger partial charge in [0.1, 0.15) is 11.6 Å². The van der Waals surface area contributed by atoms with E-state index in [1.165, 1.54) is 19.2 Å². The van der Waals surface area contributed by atoms with Crippen LogP contribution in [0.2, 0.25) is 0 Å². The minimum Gasteiger partial charge on any atom is -0.497 e. The van der Waals surface area contributed by atoms with Crippen LogP contribution in [-0.2, 0) is 0 Å². The third-order valence-electron chi connectivity index (χ3n) is 3.04. The highest BCUT2D eigenvalue weighted by Gasteiger charge is 2.35. The Morgan fingerprint density at radius 3 is 2.75 bits per heavy atom. The highest BCUT2D eigenvalue weighted by Crippen LogP contribution is 2.38. The largest absolute Gasteiger partial charge is 0.497 e. The molecule has 1 saturated carbocycles. The van der Waals surface area contributed by atoms with Crippen LogP contribution in [0.15, 0.2) is 18.2 Å². The molecule has 16 heavy (non-hydrogen) atoms. The zero-order valence-corrected chi connectivity index (χ0v) is 9.19. The molecule has 0 radical (unpaired) electrons. The quantitative estimate of drug-likeness (QED) is 0.818. The zero-order chi connectivity index (χ0) is 11.7. The molecule has 0 spiro atoms. The van der Waals surface area contributed by atoms with Gasteiger partial charge in [0, 0.05) is 5.56 Å². The number of halogens is 1. The first kappa shape index (κ1) is 11.4. The van der Waals surface area contributed by atoms with E-state index in [0.29, 0.717) is 11.3 Å². The van der Waals surface area contributed by atoms with E-state index in [4.69, 9.17) is 10.5 Å². The van der Waals surface area contributed by atoms with Crippen molar-refractivity contribution in [3.63, 3.8) is 0 Å². The van der Waals surface area contributed by atoms with E-state index in [-0.39, 0.29) is 5.92 Å². The number of benzene rings is 1. The topological polar surface area (TPSA) is 55.5 Å². The van der Waals surface area contributed by atoms with Crippen molar-refractivity contribution < 1.29 is 14.2 Å². The molecule has 1 aromatic carbocycles. The van der Waals surface area contributed by atoms with Gasteiger partial charge >= 0.3 is 0 Å². The van der Waals surface area contributed by atoms with Gasteiger partial charge in [-0.05, 0) is 37.0 Å². The number of aliphatic hydroxyl groups excluding tert-OH is 1. The van der Waals surface area contributed by atoms with Crippen LogP contribution < -0.4 is 10.5 Å². The molecule has 1 aliphatic carbocycles. The van der Waals surface area contributed by atoms with Crippen LogP contribution in [0.5, 0.6) is 5.75 Å². The maximum atomic E-state index is 13.6. The second kappa shape index (κ2) is 4.39. The average Bonchev–Trinajstić information content (AvgIpc) is 3.12. The Bertz CT molecular complexity index is 379. The number of hydrogen-bond acceptors (Lipinski definition) is 3. The summed E-state index contributed by atoms with van der Waals surface area (Å²) in [6, 6.07) is 3.72. The SMILES string of the molecule is COc1ccc(F)c([C@@H](N)[C@@H](O)C2CC2)c1. The molecular formula is C12H16FNO2. The van der Waals surface area contributed by atoms with Gasteiger partial charge in [-0.25, -0.2) is 4.39 Å². The van der Waals surface area contributed by atoms with Gasteiger partial charge in [0.15, 0.2) is 0 Å². The van der Waals surface area contributed by atoms with Crippen LogP contribution in [-0.4, -0.2) is 18.3 Å². The molecule has 1 aromatic rings. The number of nitrogens with two attached hydrogens (primary N) is 1. The molecular weight excluding hydrogens is 209 g/mol. The summed E-state index contributed by atoms with van der Waals surface area (Å²) >= 11 is 0. The van der Waals surface area contributed by atoms with Crippen LogP contribution in [0, 0.1) is 11.7 Å². The number of rotatable bonds is 4. The summed E-state index contributed by atoms with van der Waals surface area (Å²) in [4.78, 5) is 0. The Labute approximate surface area is 94.0 Å². The Morgan fingerprint density at radius 2 is 2.19 bits per heavy atom. The van der Waals surface area contributed by atoms with Crippen molar-refractivity contribution in [1.82, 2.24) is 0 Å². The van der Waals surface area contributed by atoms with Gasteiger partial charge in [0.25, 0.3) is 0 Å². The van der Waals surface area contributed by atoms with E-state index >= 15 is 0 Å². The zero-order valence-electron chi connectivity index (χ0n) is 9.19. The molecule has 4 heteroatoms. The van der Waals surface area contributed by atoms with Crippen LogP contribution in [0.4, 0.5) is 4.39 Å². The second-order valence-electron chi connectivity index (χ2n) is 4.24. The van der Waals surface area contributed by atoms with Crippen molar-refractivity contribution in [1.29, 1.82) is 0 Å².